The Morgan fingerprint density at radius 1 is 0.440 bits per heavy atom. The molecule has 30 heteroatoms. The molecule has 1 unspecified atom stereocenters. The normalized spacial score (nSPS) is 19.6. The minimum atomic E-state index is 0.219. The summed E-state index contributed by atoms with van der Waals surface area (Å²) >= 11 is 9.40. The number of hydrogen-bond acceptors (Lipinski definition) is 24. The Hall–Kier alpha value is -8.46. The molecule has 18 heterocycles. The number of thiazole rings is 6. The lowest BCUT2D eigenvalue weighted by Crippen LogP contribution is -2.45. The topological polar surface area (TPSA) is 307 Å². The van der Waals surface area contributed by atoms with E-state index in [0.29, 0.717) is 34.6 Å². The fourth-order valence-electron chi connectivity index (χ4n) is 12.2. The average Bonchev–Trinajstić information content (AvgIpc) is 1.82. The number of piperidine rings is 3. The van der Waals surface area contributed by atoms with Crippen LogP contribution in [0.25, 0.3) is 127 Å². The predicted molar refractivity (Wildman–Crippen MR) is 365 cm³/mol. The zero-order valence-corrected chi connectivity index (χ0v) is 54.5. The zero-order chi connectivity index (χ0) is 61.1. The van der Waals surface area contributed by atoms with Crippen LogP contribution < -0.4 is 30.3 Å². The Kier molecular flexibility index (Phi) is 15.6. The highest BCUT2D eigenvalue weighted by Gasteiger charge is 2.28. The van der Waals surface area contributed by atoms with E-state index in [2.05, 4.69) is 122 Å². The molecule has 24 nitrogen and oxygen atoms in total. The van der Waals surface area contributed by atoms with E-state index in [1.54, 1.807) is 57.7 Å². The number of rotatable bonds is 12. The van der Waals surface area contributed by atoms with E-state index in [9.17, 15) is 0 Å². The van der Waals surface area contributed by atoms with Crippen molar-refractivity contribution in [3.63, 3.8) is 0 Å². The number of ether oxygens (including phenoxy) is 2. The molecule has 18 rings (SSSR count). The van der Waals surface area contributed by atoms with Crippen LogP contribution in [0.1, 0.15) is 59.3 Å². The van der Waals surface area contributed by atoms with Gasteiger partial charge in [0.1, 0.15) is 44.3 Å². The third kappa shape index (κ3) is 11.5. The van der Waals surface area contributed by atoms with Crippen LogP contribution in [0.5, 0.6) is 10.4 Å². The van der Waals surface area contributed by atoms with Crippen molar-refractivity contribution < 1.29 is 9.47 Å². The molecule has 462 valence electrons. The van der Waals surface area contributed by atoms with Crippen LogP contribution >= 0.6 is 68.0 Å². The summed E-state index contributed by atoms with van der Waals surface area (Å²) in [6.07, 6.45) is 29.3. The van der Waals surface area contributed by atoms with Gasteiger partial charge in [0.2, 0.25) is 0 Å². The summed E-state index contributed by atoms with van der Waals surface area (Å²) in [5.74, 6) is 0. The van der Waals surface area contributed by atoms with Gasteiger partial charge in [-0.1, -0.05) is 68.0 Å². The number of pyridine rings is 3. The lowest BCUT2D eigenvalue weighted by molar-refractivity contribution is 0.143. The summed E-state index contributed by atoms with van der Waals surface area (Å²) in [6, 6.07) is 8.22. The van der Waals surface area contributed by atoms with Gasteiger partial charge in [0, 0.05) is 137 Å². The molecule has 0 saturated carbocycles. The Morgan fingerprint density at radius 3 is 1.20 bits per heavy atom. The summed E-state index contributed by atoms with van der Waals surface area (Å²) < 4.78 is 12.3. The summed E-state index contributed by atoms with van der Waals surface area (Å²) in [5, 5.41) is 39.6. The summed E-state index contributed by atoms with van der Waals surface area (Å²) in [7, 11) is 2.16. The van der Waals surface area contributed by atoms with Gasteiger partial charge in [-0.25, -0.2) is 19.9 Å². The first-order valence-corrected chi connectivity index (χ1v) is 35.0. The first-order valence-electron chi connectivity index (χ1n) is 30.1. The smallest absolute Gasteiger partial charge is 0.276 e. The monoisotopic (exact) mass is 1320 g/mol. The quantitative estimate of drug-likeness (QED) is 0.0549. The lowest BCUT2D eigenvalue weighted by Gasteiger charge is -2.34. The van der Waals surface area contributed by atoms with Gasteiger partial charge in [0.15, 0.2) is 34.1 Å². The number of aromatic amines is 6. The zero-order valence-electron chi connectivity index (χ0n) is 49.6. The Labute approximate surface area is 542 Å². The average molecular weight is 1330 g/mol. The standard InChI is InChI=1S/C21H22N8S2.2C20H19N7OS2/c1-11-7-13(3-5-22-11)29(2)21-28-20-19(31-21)27-18(30-20)17-16-14(4-6-23-16)15(10-24-17)12-8-25-26-9-12;2*1-10-6-12(2-4-21-10)28-20-27-19-18(30-20)26-17(29-19)16-15-13(3-5-22-15)14(9-23-16)11-7-24-25-8-11/h4,6,8-11,13,22-23H,3,5,7H2,1-2H3,(H,25,26);2*3,5,7-10,12,21-22H,2,4,6H2,1H3,(H,24,25)/t11-,13?;2*10-,12+/m011/s1. The van der Waals surface area contributed by atoms with Crippen molar-refractivity contribution in [1.29, 1.82) is 0 Å². The van der Waals surface area contributed by atoms with Crippen molar-refractivity contribution in [3.8, 4) is 75.9 Å². The van der Waals surface area contributed by atoms with E-state index in [4.69, 9.17) is 44.4 Å². The Bertz CT molecular complexity index is 4670. The van der Waals surface area contributed by atoms with Gasteiger partial charge in [-0.2, -0.15) is 25.3 Å². The molecule has 0 amide bonds. The van der Waals surface area contributed by atoms with Crippen LogP contribution in [0.3, 0.4) is 0 Å². The van der Waals surface area contributed by atoms with Gasteiger partial charge in [-0.05, 0) is 97.1 Å². The second-order valence-electron chi connectivity index (χ2n) is 23.0. The van der Waals surface area contributed by atoms with Crippen molar-refractivity contribution in [2.45, 2.75) is 95.7 Å². The van der Waals surface area contributed by atoms with E-state index in [1.807, 2.05) is 62.0 Å². The van der Waals surface area contributed by atoms with Crippen LogP contribution in [-0.2, 0) is 0 Å². The second-order valence-corrected chi connectivity index (χ2v) is 28.8. The molecule has 0 bridgehead atoms. The Morgan fingerprint density at radius 2 is 0.824 bits per heavy atom. The third-order valence-electron chi connectivity index (χ3n) is 16.8. The highest BCUT2D eigenvalue weighted by molar-refractivity contribution is 7.30. The first-order chi connectivity index (χ1) is 44.7. The highest BCUT2D eigenvalue weighted by Crippen LogP contribution is 2.43. The minimum absolute atomic E-state index is 0.219. The molecule has 15 aromatic rings. The molecule has 3 aliphatic heterocycles. The van der Waals surface area contributed by atoms with Gasteiger partial charge in [-0.3, -0.25) is 30.2 Å². The van der Waals surface area contributed by atoms with E-state index >= 15 is 0 Å². The van der Waals surface area contributed by atoms with E-state index in [-0.39, 0.29) is 12.2 Å². The van der Waals surface area contributed by atoms with Crippen molar-refractivity contribution in [1.82, 2.24) is 106 Å². The number of H-pyrrole nitrogens is 6. The highest BCUT2D eigenvalue weighted by atomic mass is 32.1. The second kappa shape index (κ2) is 24.6. The fraction of sp³-hybridized carbons (Fsp3) is 0.311. The van der Waals surface area contributed by atoms with Gasteiger partial charge < -0.3 is 45.3 Å². The Balaban J connectivity index is 0.000000109. The molecular weight excluding hydrogens is 1270 g/mol. The molecule has 0 aliphatic carbocycles. The molecular formula is C61H60N22O2S6. The van der Waals surface area contributed by atoms with Gasteiger partial charge in [0.05, 0.1) is 35.1 Å². The largest absolute Gasteiger partial charge is 0.467 e. The molecule has 15 aromatic heterocycles. The number of aromatic nitrogens is 18. The summed E-state index contributed by atoms with van der Waals surface area (Å²) in [4.78, 5) is 60.9. The van der Waals surface area contributed by atoms with Gasteiger partial charge in [-0.15, -0.1) is 0 Å². The van der Waals surface area contributed by atoms with Crippen LogP contribution in [0.4, 0.5) is 5.13 Å². The maximum atomic E-state index is 6.13. The third-order valence-corrected chi connectivity index (χ3v) is 22.8. The maximum Gasteiger partial charge on any atom is 0.276 e. The van der Waals surface area contributed by atoms with Crippen molar-refractivity contribution in [3.05, 3.63) is 92.6 Å². The molecule has 3 fully saturated rings. The van der Waals surface area contributed by atoms with Gasteiger partial charge >= 0.3 is 0 Å². The molecule has 3 aliphatic rings. The van der Waals surface area contributed by atoms with Crippen LogP contribution in [0.2, 0.25) is 0 Å². The summed E-state index contributed by atoms with van der Waals surface area (Å²) in [6.45, 7) is 9.67. The van der Waals surface area contributed by atoms with Crippen LogP contribution in [0.15, 0.2) is 92.6 Å². The van der Waals surface area contributed by atoms with Crippen LogP contribution in [-0.4, -0.2) is 153 Å². The molecule has 0 aromatic carbocycles. The minimum Gasteiger partial charge on any atom is -0.467 e. The first kappa shape index (κ1) is 57.7. The van der Waals surface area contributed by atoms with E-state index < -0.39 is 0 Å². The molecule has 9 N–H and O–H groups in total. The maximum absolute atomic E-state index is 6.13. The van der Waals surface area contributed by atoms with Crippen LogP contribution in [0, 0.1) is 0 Å². The lowest BCUT2D eigenvalue weighted by atomic mass is 10.00. The van der Waals surface area contributed by atoms with Crippen molar-refractivity contribution >= 4 is 135 Å². The molecule has 91 heavy (non-hydrogen) atoms. The fourth-order valence-corrected chi connectivity index (χ4v) is 18.2. The van der Waals surface area contributed by atoms with E-state index in [1.165, 1.54) is 22.7 Å². The predicted octanol–water partition coefficient (Wildman–Crippen LogP) is 12.7. The number of hydrogen-bond donors (Lipinski definition) is 9. The molecule has 0 radical (unpaired) electrons. The molecule has 0 spiro atoms. The van der Waals surface area contributed by atoms with Crippen molar-refractivity contribution in [2.24, 2.45) is 0 Å². The summed E-state index contributed by atoms with van der Waals surface area (Å²) in [5.41, 5.74) is 11.6. The number of fused-ring (bicyclic) bond motifs is 6. The van der Waals surface area contributed by atoms with E-state index in [0.717, 1.165) is 190 Å². The number of anilines is 1. The molecule has 6 atom stereocenters. The SMILES string of the molecule is C[C@@H]1C[C@@H](Oc2nc3sc(-c4ncc(-c5cn[nH]c5)c5cc[nH]c45)nc3s2)CCN1.C[C@@H]1C[C@@H](Oc2nc3sc(-c4ncc(-c5cn[nH]c5)c5cc[nH]c45)nc3s2)CCN1.C[C@H]1CC(N(C)c2nc3sc(-c4ncc(-c5cn[nH]c5)c5cc[nH]c45)nc3s2)CCN1. The van der Waals surface area contributed by atoms with Gasteiger partial charge in [0.25, 0.3) is 10.4 Å². The number of nitrogens with zero attached hydrogens (tertiary/aromatic N) is 13. The number of nitrogens with one attached hydrogen (secondary N) is 9. The van der Waals surface area contributed by atoms with Crippen molar-refractivity contribution in [2.75, 3.05) is 31.6 Å². The molecule has 3 saturated heterocycles.